The molecule has 0 spiro atoms. The molecule has 0 heterocycles. The highest BCUT2D eigenvalue weighted by atomic mass is 27.2. The standard InChI is InChI=1S/C10H21.2C2H5.Al/c1-4-6-7-8-9-10(3)5-2;2*1-2;/h10H,2,4-9H2,1,3H3;2*1H2,2H3;. The third kappa shape index (κ3) is 9.46. The molecule has 0 fully saturated rings. The molecule has 15 heavy (non-hydrogen) atoms. The van der Waals surface area contributed by atoms with Gasteiger partial charge in [0.2, 0.25) is 0 Å². The lowest BCUT2D eigenvalue weighted by Gasteiger charge is -2.13. The monoisotopic (exact) mass is 226 g/mol. The van der Waals surface area contributed by atoms with Crippen molar-refractivity contribution in [2.45, 2.75) is 82.1 Å². The van der Waals surface area contributed by atoms with E-state index in [0.29, 0.717) is 0 Å². The summed E-state index contributed by atoms with van der Waals surface area (Å²) in [5.41, 5.74) is 0. The smallest absolute Gasteiger partial charge is 0.0967 e. The second kappa shape index (κ2) is 11.0. The van der Waals surface area contributed by atoms with Crippen molar-refractivity contribution in [3.05, 3.63) is 0 Å². The Balaban J connectivity index is 3.35. The average molecular weight is 226 g/mol. The molecule has 0 amide bonds. The van der Waals surface area contributed by atoms with Gasteiger partial charge in [0.05, 0.1) is 0 Å². The van der Waals surface area contributed by atoms with E-state index in [1.807, 2.05) is 0 Å². The lowest BCUT2D eigenvalue weighted by molar-refractivity contribution is 0.475. The van der Waals surface area contributed by atoms with Crippen LogP contribution in [0.15, 0.2) is 0 Å². The first kappa shape index (κ1) is 15.5. The highest BCUT2D eigenvalue weighted by molar-refractivity contribution is 6.58. The Kier molecular flexibility index (Phi) is 11.4. The van der Waals surface area contributed by atoms with Crippen LogP contribution in [0.2, 0.25) is 15.8 Å². The van der Waals surface area contributed by atoms with Crippen LogP contribution in [-0.2, 0) is 0 Å². The van der Waals surface area contributed by atoms with E-state index in [9.17, 15) is 0 Å². The van der Waals surface area contributed by atoms with E-state index in [2.05, 4.69) is 27.7 Å². The highest BCUT2D eigenvalue weighted by Gasteiger charge is 2.12. The summed E-state index contributed by atoms with van der Waals surface area (Å²) in [7, 11) is 0. The fourth-order valence-corrected chi connectivity index (χ4v) is 4.72. The molecule has 0 nitrogen and oxygen atoms in total. The van der Waals surface area contributed by atoms with Gasteiger partial charge in [-0.1, -0.05) is 82.1 Å². The van der Waals surface area contributed by atoms with Crippen LogP contribution in [0.1, 0.15) is 66.2 Å². The molecule has 0 radical (unpaired) electrons. The minimum atomic E-state index is -0.295. The maximum atomic E-state index is 2.46. The van der Waals surface area contributed by atoms with Crippen molar-refractivity contribution in [2.75, 3.05) is 0 Å². The van der Waals surface area contributed by atoms with Gasteiger partial charge in [-0.2, -0.15) is 0 Å². The first-order valence-electron chi connectivity index (χ1n) is 7.24. The van der Waals surface area contributed by atoms with Crippen LogP contribution >= 0.6 is 0 Å². The van der Waals surface area contributed by atoms with Gasteiger partial charge in [-0.15, -0.1) is 0 Å². The summed E-state index contributed by atoms with van der Waals surface area (Å²) in [4.78, 5) is 0. The quantitative estimate of drug-likeness (QED) is 0.340. The lowest BCUT2D eigenvalue weighted by atomic mass is 10.0. The number of hydrogen-bond donors (Lipinski definition) is 0. The van der Waals surface area contributed by atoms with E-state index in [1.54, 1.807) is 5.28 Å². The molecule has 0 aromatic carbocycles. The molecule has 0 aliphatic heterocycles. The second-order valence-corrected chi connectivity index (χ2v) is 9.16. The van der Waals surface area contributed by atoms with Crippen molar-refractivity contribution in [2.24, 2.45) is 5.92 Å². The van der Waals surface area contributed by atoms with Gasteiger partial charge in [0, 0.05) is 0 Å². The van der Waals surface area contributed by atoms with Gasteiger partial charge in [0.25, 0.3) is 14.1 Å². The van der Waals surface area contributed by atoms with Crippen LogP contribution in [0, 0.1) is 5.92 Å². The number of unbranched alkanes of at least 4 members (excludes halogenated alkanes) is 3. The first-order valence-corrected chi connectivity index (χ1v) is 9.69. The zero-order valence-corrected chi connectivity index (χ0v) is 12.7. The summed E-state index contributed by atoms with van der Waals surface area (Å²) in [6.07, 6.45) is 8.74. The Labute approximate surface area is 102 Å². The largest absolute Gasteiger partial charge is 0.261 e. The van der Waals surface area contributed by atoms with E-state index in [1.165, 1.54) is 49.1 Å². The van der Waals surface area contributed by atoms with Gasteiger partial charge in [0.15, 0.2) is 0 Å². The van der Waals surface area contributed by atoms with Gasteiger partial charge in [-0.25, -0.2) is 0 Å². The molecule has 0 saturated heterocycles. The Morgan fingerprint density at radius 1 is 0.867 bits per heavy atom. The number of hydrogen-bond acceptors (Lipinski definition) is 0. The van der Waals surface area contributed by atoms with Crippen molar-refractivity contribution in [3.63, 3.8) is 0 Å². The predicted molar refractivity (Wildman–Crippen MR) is 74.1 cm³/mol. The van der Waals surface area contributed by atoms with Crippen molar-refractivity contribution >= 4 is 14.1 Å². The van der Waals surface area contributed by atoms with E-state index in [0.717, 1.165) is 5.92 Å². The van der Waals surface area contributed by atoms with Crippen LogP contribution in [-0.4, -0.2) is 14.1 Å². The molecular weight excluding hydrogens is 195 g/mol. The maximum Gasteiger partial charge on any atom is 0.261 e. The summed E-state index contributed by atoms with van der Waals surface area (Å²) in [6.45, 7) is 9.55. The lowest BCUT2D eigenvalue weighted by Crippen LogP contribution is -2.10. The van der Waals surface area contributed by atoms with E-state index < -0.39 is 0 Å². The Morgan fingerprint density at radius 2 is 1.53 bits per heavy atom. The Hall–Kier alpha value is 0.532. The van der Waals surface area contributed by atoms with E-state index >= 15 is 0 Å². The molecule has 90 valence electrons. The van der Waals surface area contributed by atoms with Crippen molar-refractivity contribution in [1.29, 1.82) is 0 Å². The second-order valence-electron chi connectivity index (χ2n) is 5.21. The van der Waals surface area contributed by atoms with Crippen molar-refractivity contribution < 1.29 is 0 Å². The van der Waals surface area contributed by atoms with Crippen LogP contribution in [0.4, 0.5) is 0 Å². The van der Waals surface area contributed by atoms with E-state index in [-0.39, 0.29) is 14.1 Å². The van der Waals surface area contributed by atoms with Gasteiger partial charge in [-0.05, 0) is 5.92 Å². The molecule has 0 aromatic rings. The zero-order chi connectivity index (χ0) is 11.5. The predicted octanol–water partition coefficient (Wildman–Crippen LogP) is 5.52. The molecule has 1 atom stereocenters. The molecule has 0 aliphatic carbocycles. The third-order valence-electron chi connectivity index (χ3n) is 3.77. The van der Waals surface area contributed by atoms with Gasteiger partial charge in [0.1, 0.15) is 0 Å². The van der Waals surface area contributed by atoms with Gasteiger partial charge < -0.3 is 0 Å². The zero-order valence-electron chi connectivity index (χ0n) is 11.5. The van der Waals surface area contributed by atoms with E-state index in [4.69, 9.17) is 0 Å². The fourth-order valence-electron chi connectivity index (χ4n) is 2.28. The highest BCUT2D eigenvalue weighted by Crippen LogP contribution is 2.18. The summed E-state index contributed by atoms with van der Waals surface area (Å²) < 4.78 is 0. The summed E-state index contributed by atoms with van der Waals surface area (Å²) in [5, 5.41) is 4.63. The molecule has 1 heteroatoms. The Bertz CT molecular complexity index is 119. The molecule has 0 aliphatic rings. The third-order valence-corrected chi connectivity index (χ3v) is 7.23. The topological polar surface area (TPSA) is 0 Å². The summed E-state index contributed by atoms with van der Waals surface area (Å²) in [5.74, 6) is 0.995. The Morgan fingerprint density at radius 3 is 2.07 bits per heavy atom. The van der Waals surface area contributed by atoms with Gasteiger partial charge >= 0.3 is 0 Å². The van der Waals surface area contributed by atoms with Gasteiger partial charge in [-0.3, -0.25) is 0 Å². The molecule has 0 rings (SSSR count). The fraction of sp³-hybridized carbons (Fsp3) is 1.00. The first-order chi connectivity index (χ1) is 7.24. The average Bonchev–Trinajstić information content (AvgIpc) is 2.26. The van der Waals surface area contributed by atoms with Crippen LogP contribution in [0.25, 0.3) is 0 Å². The molecule has 0 saturated carbocycles. The summed E-state index contributed by atoms with van der Waals surface area (Å²) >= 11 is -0.295. The van der Waals surface area contributed by atoms with Crippen LogP contribution < -0.4 is 0 Å². The minimum Gasteiger partial charge on any atom is -0.0967 e. The van der Waals surface area contributed by atoms with Crippen LogP contribution in [0.5, 0.6) is 0 Å². The SMILES string of the molecule is CCCCCCC(C)C[CH2][Al]([CH2]C)[CH2]C. The van der Waals surface area contributed by atoms with Crippen molar-refractivity contribution in [1.82, 2.24) is 0 Å². The summed E-state index contributed by atoms with van der Waals surface area (Å²) in [6, 6.07) is 0. The molecule has 0 N–H and O–H groups in total. The van der Waals surface area contributed by atoms with Crippen molar-refractivity contribution in [3.8, 4) is 0 Å². The normalized spacial score (nSPS) is 12.8. The maximum absolute atomic E-state index is 2.46. The molecule has 0 bridgehead atoms. The molecule has 0 aromatic heterocycles. The molecular formula is C14H31Al. The van der Waals surface area contributed by atoms with Crippen LogP contribution in [0.3, 0.4) is 0 Å². The molecule has 1 unspecified atom stereocenters. The minimum absolute atomic E-state index is 0.295. The number of rotatable bonds is 10.